The van der Waals surface area contributed by atoms with E-state index in [-0.39, 0.29) is 18.0 Å². The van der Waals surface area contributed by atoms with Crippen molar-refractivity contribution in [3.63, 3.8) is 0 Å². The van der Waals surface area contributed by atoms with E-state index in [1.165, 1.54) is 0 Å². The molecular weight excluding hydrogens is 356 g/mol. The van der Waals surface area contributed by atoms with E-state index >= 15 is 0 Å². The summed E-state index contributed by atoms with van der Waals surface area (Å²) in [5.74, 6) is 0.267. The van der Waals surface area contributed by atoms with Gasteiger partial charge in [0.05, 0.1) is 10.9 Å². The molecule has 0 fully saturated rings. The first-order valence-electron chi connectivity index (χ1n) is 8.01. The van der Waals surface area contributed by atoms with Gasteiger partial charge in [-0.1, -0.05) is 23.7 Å². The van der Waals surface area contributed by atoms with E-state index in [1.807, 2.05) is 6.92 Å². The second kappa shape index (κ2) is 7.58. The van der Waals surface area contributed by atoms with Crippen molar-refractivity contribution >= 4 is 28.5 Å². The number of fused-ring (bicyclic) bond motifs is 1. The lowest BCUT2D eigenvalue weighted by Gasteiger charge is -2.14. The molecule has 0 radical (unpaired) electrons. The highest BCUT2D eigenvalue weighted by Gasteiger charge is 2.16. The molecule has 0 aliphatic heterocycles. The van der Waals surface area contributed by atoms with Gasteiger partial charge in [-0.25, -0.2) is 9.78 Å². The van der Waals surface area contributed by atoms with Crippen LogP contribution in [0.4, 0.5) is 0 Å². The van der Waals surface area contributed by atoms with Crippen LogP contribution in [-0.2, 0) is 9.53 Å². The molecule has 3 aromatic rings. The first-order valence-corrected chi connectivity index (χ1v) is 8.39. The summed E-state index contributed by atoms with van der Waals surface area (Å²) in [7, 11) is 0. The number of halogens is 1. The van der Waals surface area contributed by atoms with Crippen molar-refractivity contribution in [3.05, 3.63) is 69.2 Å². The molecule has 1 aromatic heterocycles. The third-order valence-corrected chi connectivity index (χ3v) is 4.04. The van der Waals surface area contributed by atoms with Crippen LogP contribution >= 0.6 is 11.6 Å². The van der Waals surface area contributed by atoms with Gasteiger partial charge in [-0.2, -0.15) is 0 Å². The van der Waals surface area contributed by atoms with Crippen molar-refractivity contribution in [2.24, 2.45) is 0 Å². The number of aromatic amines is 1. The van der Waals surface area contributed by atoms with Crippen LogP contribution in [0.5, 0.6) is 5.75 Å². The summed E-state index contributed by atoms with van der Waals surface area (Å²) in [6, 6.07) is 12.1. The van der Waals surface area contributed by atoms with Crippen molar-refractivity contribution in [2.75, 3.05) is 6.61 Å². The van der Waals surface area contributed by atoms with E-state index in [4.69, 9.17) is 21.1 Å². The number of hydrogen-bond acceptors (Lipinski definition) is 5. The zero-order valence-corrected chi connectivity index (χ0v) is 15.0. The molecule has 6 nitrogen and oxygen atoms in total. The summed E-state index contributed by atoms with van der Waals surface area (Å²) in [4.78, 5) is 31.1. The van der Waals surface area contributed by atoms with Gasteiger partial charge in [-0.15, -0.1) is 0 Å². The monoisotopic (exact) mass is 372 g/mol. The van der Waals surface area contributed by atoms with Gasteiger partial charge in [0.25, 0.3) is 5.56 Å². The number of aryl methyl sites for hydroxylation is 1. The molecule has 0 bridgehead atoms. The number of nitrogens with zero attached hydrogens (tertiary/aromatic N) is 1. The Labute approximate surface area is 154 Å². The second-order valence-corrected chi connectivity index (χ2v) is 6.24. The summed E-state index contributed by atoms with van der Waals surface area (Å²) >= 11 is 5.89. The maximum atomic E-state index is 12.1. The minimum atomic E-state index is -0.713. The number of hydrogen-bond donors (Lipinski definition) is 1. The van der Waals surface area contributed by atoms with Gasteiger partial charge in [-0.3, -0.25) is 4.79 Å². The van der Waals surface area contributed by atoms with Gasteiger partial charge >= 0.3 is 5.97 Å². The third-order valence-electron chi connectivity index (χ3n) is 3.81. The molecule has 0 saturated carbocycles. The van der Waals surface area contributed by atoms with Crippen LogP contribution in [-0.4, -0.2) is 22.5 Å². The van der Waals surface area contributed by atoms with Gasteiger partial charge < -0.3 is 14.5 Å². The molecule has 3 rings (SSSR count). The molecule has 0 amide bonds. The third kappa shape index (κ3) is 4.03. The first-order chi connectivity index (χ1) is 12.4. The van der Waals surface area contributed by atoms with Crippen molar-refractivity contribution < 1.29 is 14.3 Å². The number of para-hydroxylation sites is 1. The fourth-order valence-corrected chi connectivity index (χ4v) is 2.72. The van der Waals surface area contributed by atoms with Crippen molar-refractivity contribution in [1.29, 1.82) is 0 Å². The molecule has 134 valence electrons. The number of ether oxygens (including phenoxy) is 2. The van der Waals surface area contributed by atoms with Crippen LogP contribution in [0, 0.1) is 6.92 Å². The highest BCUT2D eigenvalue weighted by atomic mass is 35.5. The zero-order chi connectivity index (χ0) is 18.7. The Morgan fingerprint density at radius 3 is 2.81 bits per heavy atom. The minimum Gasteiger partial charge on any atom is -0.482 e. The normalized spacial score (nSPS) is 12.0. The number of aromatic nitrogens is 2. The zero-order valence-electron chi connectivity index (χ0n) is 14.3. The predicted molar refractivity (Wildman–Crippen MR) is 98.6 cm³/mol. The van der Waals surface area contributed by atoms with E-state index in [9.17, 15) is 9.59 Å². The lowest BCUT2D eigenvalue weighted by molar-refractivity contribution is -0.151. The highest BCUT2D eigenvalue weighted by molar-refractivity contribution is 6.30. The van der Waals surface area contributed by atoms with Crippen LogP contribution in [0.1, 0.15) is 24.4 Å². The number of benzene rings is 2. The molecule has 7 heteroatoms. The molecule has 26 heavy (non-hydrogen) atoms. The first kappa shape index (κ1) is 17.9. The fourth-order valence-electron chi connectivity index (χ4n) is 2.50. The van der Waals surface area contributed by atoms with Gasteiger partial charge in [-0.05, 0) is 49.7 Å². The largest absolute Gasteiger partial charge is 0.482 e. The van der Waals surface area contributed by atoms with Gasteiger partial charge in [0.2, 0.25) is 0 Å². The van der Waals surface area contributed by atoms with Crippen LogP contribution < -0.4 is 10.3 Å². The molecule has 0 aliphatic rings. The number of carbonyl (C=O) groups is 1. The Bertz CT molecular complexity index is 1020. The molecular formula is C19H17ClN2O4. The number of esters is 1. The average molecular weight is 373 g/mol. The number of H-pyrrole nitrogens is 1. The summed E-state index contributed by atoms with van der Waals surface area (Å²) in [5.41, 5.74) is 1.09. The van der Waals surface area contributed by atoms with Crippen molar-refractivity contribution in [3.8, 4) is 5.75 Å². The summed E-state index contributed by atoms with van der Waals surface area (Å²) in [5, 5.41) is 1.08. The minimum absolute atomic E-state index is 0.259. The Morgan fingerprint density at radius 2 is 2.04 bits per heavy atom. The fraction of sp³-hybridized carbons (Fsp3) is 0.211. The van der Waals surface area contributed by atoms with Crippen molar-refractivity contribution in [2.45, 2.75) is 20.0 Å². The van der Waals surface area contributed by atoms with E-state index < -0.39 is 12.1 Å². The number of carbonyl (C=O) groups excluding carboxylic acids is 1. The molecule has 0 saturated heterocycles. The summed E-state index contributed by atoms with van der Waals surface area (Å²) in [6.45, 7) is 3.21. The second-order valence-electron chi connectivity index (χ2n) is 5.80. The highest BCUT2D eigenvalue weighted by Crippen LogP contribution is 2.22. The molecule has 0 unspecified atom stereocenters. The van der Waals surface area contributed by atoms with Crippen LogP contribution in [0.15, 0.2) is 47.3 Å². The van der Waals surface area contributed by atoms with E-state index in [0.29, 0.717) is 21.7 Å². The standard InChI is InChI=1S/C19H17ClN2O4/c1-11-9-13(20)7-8-16(11)25-10-17(23)26-12(2)18-21-15-6-4-3-5-14(15)19(24)22-18/h3-9,12H,10H2,1-2H3,(H,21,22,24)/t12-/m1/s1. The Kier molecular flexibility index (Phi) is 5.23. The van der Waals surface area contributed by atoms with E-state index in [0.717, 1.165) is 5.56 Å². The smallest absolute Gasteiger partial charge is 0.344 e. The van der Waals surface area contributed by atoms with Crippen LogP contribution in [0.3, 0.4) is 0 Å². The van der Waals surface area contributed by atoms with Crippen LogP contribution in [0.2, 0.25) is 5.02 Å². The lowest BCUT2D eigenvalue weighted by Crippen LogP contribution is -2.20. The number of nitrogens with one attached hydrogen (secondary N) is 1. The molecule has 0 aliphatic carbocycles. The maximum absolute atomic E-state index is 12.1. The van der Waals surface area contributed by atoms with E-state index in [1.54, 1.807) is 49.4 Å². The van der Waals surface area contributed by atoms with Gasteiger partial charge in [0.15, 0.2) is 18.5 Å². The van der Waals surface area contributed by atoms with Crippen LogP contribution in [0.25, 0.3) is 10.9 Å². The van der Waals surface area contributed by atoms with Crippen molar-refractivity contribution in [1.82, 2.24) is 9.97 Å². The predicted octanol–water partition coefficient (Wildman–Crippen LogP) is 3.57. The summed E-state index contributed by atoms with van der Waals surface area (Å²) < 4.78 is 10.8. The Balaban J connectivity index is 1.66. The molecule has 0 spiro atoms. The maximum Gasteiger partial charge on any atom is 0.344 e. The SMILES string of the molecule is Cc1cc(Cl)ccc1OCC(=O)O[C@H](C)c1nc2ccccc2c(=O)[nH]1. The molecule has 2 aromatic carbocycles. The van der Waals surface area contributed by atoms with E-state index in [2.05, 4.69) is 9.97 Å². The quantitative estimate of drug-likeness (QED) is 0.692. The topological polar surface area (TPSA) is 81.3 Å². The average Bonchev–Trinajstić information content (AvgIpc) is 2.61. The molecule has 1 heterocycles. The van der Waals surface area contributed by atoms with Gasteiger partial charge in [0, 0.05) is 5.02 Å². The molecule has 1 N–H and O–H groups in total. The van der Waals surface area contributed by atoms with Gasteiger partial charge in [0.1, 0.15) is 5.75 Å². The Hall–Kier alpha value is -2.86. The Morgan fingerprint density at radius 1 is 1.27 bits per heavy atom. The lowest BCUT2D eigenvalue weighted by atomic mass is 10.2. The summed E-state index contributed by atoms with van der Waals surface area (Å²) in [6.07, 6.45) is -0.713. The number of rotatable bonds is 5. The molecule has 1 atom stereocenters.